The van der Waals surface area contributed by atoms with E-state index in [0.29, 0.717) is 0 Å². The first-order valence-corrected chi connectivity index (χ1v) is 9.50. The van der Waals surface area contributed by atoms with Crippen LogP contribution in [0.3, 0.4) is 0 Å². The second kappa shape index (κ2) is 10.7. The summed E-state index contributed by atoms with van der Waals surface area (Å²) in [4.78, 5) is 4.30. The molecule has 3 rings (SSSR count). The van der Waals surface area contributed by atoms with Crippen LogP contribution in [-0.2, 0) is 13.1 Å². The van der Waals surface area contributed by atoms with Gasteiger partial charge in [-0.25, -0.2) is 0 Å². The van der Waals surface area contributed by atoms with E-state index in [-0.39, 0.29) is 24.0 Å². The number of aliphatic imine (C=N–C) groups is 1. The Labute approximate surface area is 171 Å². The topological polar surface area (TPSA) is 54.2 Å². The second-order valence-electron chi connectivity index (χ2n) is 5.97. The highest BCUT2D eigenvalue weighted by Crippen LogP contribution is 2.25. The highest BCUT2D eigenvalue weighted by Gasteiger charge is 2.15. The standard InChI is InChI=1S/C18H25N5S.HI/c1-19-18(21-12-17-8-5-9-24-17)20-10-16-11-22-23(14-16)13-15-6-3-2-4-7-15;/h2-4,6-7,11,14,17H,5,8-10,12-13H2,1H3,(H2,19,20,21);1H. The Hall–Kier alpha value is -1.22. The summed E-state index contributed by atoms with van der Waals surface area (Å²) in [6.07, 6.45) is 6.64. The van der Waals surface area contributed by atoms with Crippen molar-refractivity contribution in [2.45, 2.75) is 31.2 Å². The van der Waals surface area contributed by atoms with Crippen LogP contribution in [0.1, 0.15) is 24.0 Å². The molecule has 136 valence electrons. The van der Waals surface area contributed by atoms with Gasteiger partial charge in [0.05, 0.1) is 12.7 Å². The van der Waals surface area contributed by atoms with Crippen LogP contribution >= 0.6 is 35.7 Å². The van der Waals surface area contributed by atoms with Gasteiger partial charge in [0.15, 0.2) is 5.96 Å². The molecular weight excluding hydrogens is 445 g/mol. The van der Waals surface area contributed by atoms with Crippen LogP contribution in [0.5, 0.6) is 0 Å². The van der Waals surface area contributed by atoms with Crippen molar-refractivity contribution in [1.29, 1.82) is 0 Å². The van der Waals surface area contributed by atoms with E-state index in [2.05, 4.69) is 62.9 Å². The Morgan fingerprint density at radius 1 is 1.28 bits per heavy atom. The highest BCUT2D eigenvalue weighted by atomic mass is 127. The van der Waals surface area contributed by atoms with Gasteiger partial charge in [-0.3, -0.25) is 9.67 Å². The lowest BCUT2D eigenvalue weighted by atomic mass is 10.2. The average Bonchev–Trinajstić information content (AvgIpc) is 3.28. The summed E-state index contributed by atoms with van der Waals surface area (Å²) in [5.74, 6) is 2.15. The van der Waals surface area contributed by atoms with E-state index in [4.69, 9.17) is 0 Å². The van der Waals surface area contributed by atoms with Crippen LogP contribution in [-0.4, -0.2) is 40.3 Å². The molecule has 1 aliphatic heterocycles. The van der Waals surface area contributed by atoms with E-state index in [9.17, 15) is 0 Å². The van der Waals surface area contributed by atoms with E-state index in [1.807, 2.05) is 24.0 Å². The molecule has 1 saturated heterocycles. The molecule has 1 atom stereocenters. The first-order valence-electron chi connectivity index (χ1n) is 8.45. The van der Waals surface area contributed by atoms with Crippen molar-refractivity contribution in [2.75, 3.05) is 19.3 Å². The molecule has 7 heteroatoms. The fraction of sp³-hybridized carbons (Fsp3) is 0.444. The average molecular weight is 471 g/mol. The molecule has 1 unspecified atom stereocenters. The fourth-order valence-corrected chi connectivity index (χ4v) is 3.98. The van der Waals surface area contributed by atoms with Gasteiger partial charge in [-0.2, -0.15) is 16.9 Å². The number of guanidine groups is 1. The summed E-state index contributed by atoms with van der Waals surface area (Å²) >= 11 is 2.05. The molecule has 0 saturated carbocycles. The molecule has 0 bridgehead atoms. The second-order valence-corrected chi connectivity index (χ2v) is 7.38. The number of aromatic nitrogens is 2. The van der Waals surface area contributed by atoms with Gasteiger partial charge in [0, 0.05) is 37.1 Å². The highest BCUT2D eigenvalue weighted by molar-refractivity contribution is 14.0. The third-order valence-corrected chi connectivity index (χ3v) is 5.48. The van der Waals surface area contributed by atoms with Gasteiger partial charge in [-0.15, -0.1) is 24.0 Å². The van der Waals surface area contributed by atoms with E-state index >= 15 is 0 Å². The normalized spacial score (nSPS) is 17.2. The Bertz CT molecular complexity index is 652. The minimum Gasteiger partial charge on any atom is -0.355 e. The van der Waals surface area contributed by atoms with Crippen LogP contribution in [0.4, 0.5) is 0 Å². The lowest BCUT2D eigenvalue weighted by Crippen LogP contribution is -2.39. The SMILES string of the molecule is CN=C(NCc1cnn(Cc2ccccc2)c1)NCC1CCCS1.I. The van der Waals surface area contributed by atoms with Gasteiger partial charge in [-0.1, -0.05) is 30.3 Å². The van der Waals surface area contributed by atoms with Crippen molar-refractivity contribution in [3.63, 3.8) is 0 Å². The summed E-state index contributed by atoms with van der Waals surface area (Å²) in [5, 5.41) is 11.9. The smallest absolute Gasteiger partial charge is 0.191 e. The molecule has 1 aromatic carbocycles. The Morgan fingerprint density at radius 3 is 2.84 bits per heavy atom. The number of hydrogen-bond donors (Lipinski definition) is 2. The minimum atomic E-state index is 0. The van der Waals surface area contributed by atoms with E-state index < -0.39 is 0 Å². The van der Waals surface area contributed by atoms with E-state index in [1.54, 1.807) is 0 Å². The number of rotatable bonds is 6. The number of hydrogen-bond acceptors (Lipinski definition) is 3. The van der Waals surface area contributed by atoms with Crippen LogP contribution in [0.2, 0.25) is 0 Å². The zero-order chi connectivity index (χ0) is 16.6. The van der Waals surface area contributed by atoms with Crippen molar-refractivity contribution in [2.24, 2.45) is 4.99 Å². The molecule has 1 fully saturated rings. The number of thioether (sulfide) groups is 1. The summed E-state index contributed by atoms with van der Waals surface area (Å²) in [7, 11) is 1.82. The Morgan fingerprint density at radius 2 is 2.12 bits per heavy atom. The summed E-state index contributed by atoms with van der Waals surface area (Å²) < 4.78 is 1.97. The quantitative estimate of drug-likeness (QED) is 0.386. The fourth-order valence-electron chi connectivity index (χ4n) is 2.78. The molecule has 2 N–H and O–H groups in total. The molecule has 0 spiro atoms. The minimum absolute atomic E-state index is 0. The maximum absolute atomic E-state index is 4.44. The first-order chi connectivity index (χ1) is 11.8. The Balaban J connectivity index is 0.00000225. The summed E-state index contributed by atoms with van der Waals surface area (Å²) in [6, 6.07) is 10.4. The molecule has 25 heavy (non-hydrogen) atoms. The molecule has 1 aromatic heterocycles. The largest absolute Gasteiger partial charge is 0.355 e. The van der Waals surface area contributed by atoms with Gasteiger partial charge >= 0.3 is 0 Å². The first kappa shape index (κ1) is 20.1. The number of nitrogens with one attached hydrogen (secondary N) is 2. The van der Waals surface area contributed by atoms with Crippen molar-refractivity contribution < 1.29 is 0 Å². The summed E-state index contributed by atoms with van der Waals surface area (Å²) in [5.41, 5.74) is 2.41. The van der Waals surface area contributed by atoms with Crippen molar-refractivity contribution in [1.82, 2.24) is 20.4 Å². The van der Waals surface area contributed by atoms with Gasteiger partial charge < -0.3 is 10.6 Å². The van der Waals surface area contributed by atoms with Gasteiger partial charge in [0.25, 0.3) is 0 Å². The van der Waals surface area contributed by atoms with Crippen molar-refractivity contribution in [3.05, 3.63) is 53.9 Å². The predicted octanol–water partition coefficient (Wildman–Crippen LogP) is 3.11. The zero-order valence-corrected chi connectivity index (χ0v) is 17.7. The zero-order valence-electron chi connectivity index (χ0n) is 14.5. The molecule has 5 nitrogen and oxygen atoms in total. The van der Waals surface area contributed by atoms with Crippen LogP contribution in [0, 0.1) is 0 Å². The number of nitrogens with zero attached hydrogens (tertiary/aromatic N) is 3. The number of halogens is 1. The van der Waals surface area contributed by atoms with Crippen LogP contribution in [0.15, 0.2) is 47.7 Å². The van der Waals surface area contributed by atoms with E-state index in [0.717, 1.165) is 36.4 Å². The maximum atomic E-state index is 4.44. The van der Waals surface area contributed by atoms with Crippen molar-refractivity contribution >= 4 is 41.7 Å². The monoisotopic (exact) mass is 471 g/mol. The molecular formula is C18H26IN5S. The lowest BCUT2D eigenvalue weighted by Gasteiger charge is -2.14. The van der Waals surface area contributed by atoms with Gasteiger partial charge in [0.2, 0.25) is 0 Å². The molecule has 2 aromatic rings. The Kier molecular flexibility index (Phi) is 8.60. The predicted molar refractivity (Wildman–Crippen MR) is 117 cm³/mol. The lowest BCUT2D eigenvalue weighted by molar-refractivity contribution is 0.685. The van der Waals surface area contributed by atoms with E-state index in [1.165, 1.54) is 24.2 Å². The number of benzene rings is 1. The molecule has 0 amide bonds. The molecule has 2 heterocycles. The molecule has 0 radical (unpaired) electrons. The van der Waals surface area contributed by atoms with Gasteiger partial charge in [0.1, 0.15) is 0 Å². The van der Waals surface area contributed by atoms with Gasteiger partial charge in [-0.05, 0) is 24.2 Å². The maximum Gasteiger partial charge on any atom is 0.191 e. The third kappa shape index (κ3) is 6.54. The van der Waals surface area contributed by atoms with Crippen LogP contribution < -0.4 is 10.6 Å². The third-order valence-electron chi connectivity index (χ3n) is 4.08. The molecule has 1 aliphatic rings. The summed E-state index contributed by atoms with van der Waals surface area (Å²) in [6.45, 7) is 2.51. The van der Waals surface area contributed by atoms with Crippen molar-refractivity contribution in [3.8, 4) is 0 Å². The van der Waals surface area contributed by atoms with Crippen LogP contribution in [0.25, 0.3) is 0 Å². The molecule has 0 aliphatic carbocycles.